The number of aliphatic hydroxyl groups is 1. The minimum absolute atomic E-state index is 0.154. The fourth-order valence-corrected chi connectivity index (χ4v) is 1.44. The fourth-order valence-electron chi connectivity index (χ4n) is 1.19. The van der Waals surface area contributed by atoms with Crippen LogP contribution in [0, 0.1) is 5.92 Å². The molecule has 84 valence electrons. The first kappa shape index (κ1) is 12.1. The van der Waals surface area contributed by atoms with E-state index >= 15 is 0 Å². The average Bonchev–Trinajstić information content (AvgIpc) is 2.20. The topological polar surface area (TPSA) is 58.3 Å². The molecule has 0 saturated carbocycles. The van der Waals surface area contributed by atoms with Gasteiger partial charge in [0.05, 0.1) is 10.7 Å². The molecule has 0 bridgehead atoms. The molecule has 2 atom stereocenters. The maximum atomic E-state index is 9.00. The Kier molecular flexibility index (Phi) is 4.24. The van der Waals surface area contributed by atoms with Crippen molar-refractivity contribution >= 4 is 23.0 Å². The van der Waals surface area contributed by atoms with Gasteiger partial charge in [-0.1, -0.05) is 18.5 Å². The highest BCUT2D eigenvalue weighted by Gasteiger charge is 2.11. The lowest BCUT2D eigenvalue weighted by Crippen LogP contribution is -2.26. The molecular formula is C11H17ClN2O. The number of nitrogen functional groups attached to an aromatic ring is 1. The number of benzene rings is 1. The second-order valence-corrected chi connectivity index (χ2v) is 4.24. The monoisotopic (exact) mass is 228 g/mol. The lowest BCUT2D eigenvalue weighted by Gasteiger charge is -2.21. The van der Waals surface area contributed by atoms with Crippen molar-refractivity contribution in [2.45, 2.75) is 19.9 Å². The van der Waals surface area contributed by atoms with Crippen LogP contribution in [0.25, 0.3) is 0 Å². The molecule has 0 aromatic heterocycles. The van der Waals surface area contributed by atoms with Crippen molar-refractivity contribution in [2.75, 3.05) is 17.7 Å². The van der Waals surface area contributed by atoms with Crippen molar-refractivity contribution in [3.05, 3.63) is 23.2 Å². The van der Waals surface area contributed by atoms with Crippen LogP contribution in [0.1, 0.15) is 13.8 Å². The maximum Gasteiger partial charge on any atom is 0.0658 e. The van der Waals surface area contributed by atoms with Gasteiger partial charge in [-0.25, -0.2) is 0 Å². The Labute approximate surface area is 95.2 Å². The van der Waals surface area contributed by atoms with Crippen LogP contribution in [-0.2, 0) is 0 Å². The summed E-state index contributed by atoms with van der Waals surface area (Å²) in [6, 6.07) is 5.51. The zero-order valence-corrected chi connectivity index (χ0v) is 9.75. The van der Waals surface area contributed by atoms with Crippen LogP contribution < -0.4 is 11.1 Å². The second kappa shape index (κ2) is 5.24. The van der Waals surface area contributed by atoms with Crippen LogP contribution in [0.3, 0.4) is 0 Å². The van der Waals surface area contributed by atoms with Gasteiger partial charge in [-0.2, -0.15) is 0 Å². The number of halogens is 1. The standard InChI is InChI=1S/C11H17ClN2O/c1-7(6-15)8(2)14-11-4-3-9(13)5-10(11)12/h3-5,7-8,14-15H,6,13H2,1-2H3. The van der Waals surface area contributed by atoms with E-state index in [9.17, 15) is 0 Å². The number of nitrogens with one attached hydrogen (secondary N) is 1. The SMILES string of the molecule is CC(CO)C(C)Nc1ccc(N)cc1Cl. The molecule has 1 rings (SSSR count). The van der Waals surface area contributed by atoms with Crippen LogP contribution in [0.2, 0.25) is 5.02 Å². The predicted octanol–water partition coefficient (Wildman–Crippen LogP) is 2.35. The van der Waals surface area contributed by atoms with Crippen LogP contribution in [0.5, 0.6) is 0 Å². The first-order valence-electron chi connectivity index (χ1n) is 4.97. The number of hydrogen-bond acceptors (Lipinski definition) is 3. The van der Waals surface area contributed by atoms with Gasteiger partial charge >= 0.3 is 0 Å². The molecule has 2 unspecified atom stereocenters. The van der Waals surface area contributed by atoms with Gasteiger partial charge in [0, 0.05) is 18.3 Å². The molecule has 0 radical (unpaired) electrons. The van der Waals surface area contributed by atoms with Crippen molar-refractivity contribution in [1.29, 1.82) is 0 Å². The molecule has 0 saturated heterocycles. The number of anilines is 2. The summed E-state index contributed by atoms with van der Waals surface area (Å²) in [6.45, 7) is 4.14. The van der Waals surface area contributed by atoms with Gasteiger partial charge in [-0.15, -0.1) is 0 Å². The van der Waals surface area contributed by atoms with E-state index in [4.69, 9.17) is 22.4 Å². The van der Waals surface area contributed by atoms with Crippen LogP contribution in [0.4, 0.5) is 11.4 Å². The first-order chi connectivity index (χ1) is 7.04. The normalized spacial score (nSPS) is 14.7. The van der Waals surface area contributed by atoms with Gasteiger partial charge in [0.2, 0.25) is 0 Å². The van der Waals surface area contributed by atoms with E-state index in [1.807, 2.05) is 19.9 Å². The molecule has 4 N–H and O–H groups in total. The molecule has 0 heterocycles. The number of hydrogen-bond donors (Lipinski definition) is 3. The Morgan fingerprint density at radius 2 is 2.13 bits per heavy atom. The second-order valence-electron chi connectivity index (χ2n) is 3.83. The Morgan fingerprint density at radius 3 is 2.67 bits per heavy atom. The van der Waals surface area contributed by atoms with E-state index in [-0.39, 0.29) is 18.6 Å². The zero-order chi connectivity index (χ0) is 11.4. The summed E-state index contributed by atoms with van der Waals surface area (Å²) in [4.78, 5) is 0. The molecule has 0 fully saturated rings. The summed E-state index contributed by atoms with van der Waals surface area (Å²) < 4.78 is 0. The maximum absolute atomic E-state index is 9.00. The highest BCUT2D eigenvalue weighted by atomic mass is 35.5. The summed E-state index contributed by atoms with van der Waals surface area (Å²) in [5, 5.41) is 12.8. The third kappa shape index (κ3) is 3.29. The van der Waals surface area contributed by atoms with E-state index in [0.717, 1.165) is 5.69 Å². The summed E-state index contributed by atoms with van der Waals surface area (Å²) in [5.41, 5.74) is 7.08. The fraction of sp³-hybridized carbons (Fsp3) is 0.455. The van der Waals surface area contributed by atoms with Gasteiger partial charge in [0.15, 0.2) is 0 Å². The lowest BCUT2D eigenvalue weighted by atomic mass is 10.0. The molecule has 4 heteroatoms. The number of rotatable bonds is 4. The van der Waals surface area contributed by atoms with E-state index < -0.39 is 0 Å². The third-order valence-electron chi connectivity index (χ3n) is 2.52. The molecule has 1 aromatic carbocycles. The smallest absolute Gasteiger partial charge is 0.0658 e. The zero-order valence-electron chi connectivity index (χ0n) is 9.00. The van der Waals surface area contributed by atoms with Crippen molar-refractivity contribution in [2.24, 2.45) is 5.92 Å². The highest BCUT2D eigenvalue weighted by Crippen LogP contribution is 2.25. The average molecular weight is 229 g/mol. The summed E-state index contributed by atoms with van der Waals surface area (Å²) in [5.74, 6) is 0.179. The molecule has 3 nitrogen and oxygen atoms in total. The molecule has 15 heavy (non-hydrogen) atoms. The van der Waals surface area contributed by atoms with Crippen molar-refractivity contribution < 1.29 is 5.11 Å². The summed E-state index contributed by atoms with van der Waals surface area (Å²) in [6.07, 6.45) is 0. The van der Waals surface area contributed by atoms with Gasteiger partial charge in [-0.3, -0.25) is 0 Å². The Hall–Kier alpha value is -0.930. The van der Waals surface area contributed by atoms with Gasteiger partial charge in [0.1, 0.15) is 0 Å². The highest BCUT2D eigenvalue weighted by molar-refractivity contribution is 6.33. The van der Waals surface area contributed by atoms with Crippen molar-refractivity contribution in [3.63, 3.8) is 0 Å². The quantitative estimate of drug-likeness (QED) is 0.694. The van der Waals surface area contributed by atoms with Gasteiger partial charge in [-0.05, 0) is 31.0 Å². The largest absolute Gasteiger partial charge is 0.399 e. The van der Waals surface area contributed by atoms with Crippen molar-refractivity contribution in [1.82, 2.24) is 0 Å². The minimum atomic E-state index is 0.154. The Bertz CT molecular complexity index is 330. The third-order valence-corrected chi connectivity index (χ3v) is 2.83. The molecule has 0 aliphatic heterocycles. The molecule has 0 amide bonds. The van der Waals surface area contributed by atoms with Gasteiger partial charge in [0.25, 0.3) is 0 Å². The number of nitrogens with two attached hydrogens (primary N) is 1. The van der Waals surface area contributed by atoms with Gasteiger partial charge < -0.3 is 16.2 Å². The predicted molar refractivity (Wildman–Crippen MR) is 65.2 cm³/mol. The number of aliphatic hydroxyl groups excluding tert-OH is 1. The van der Waals surface area contributed by atoms with E-state index in [2.05, 4.69) is 5.32 Å². The summed E-state index contributed by atoms with van der Waals surface area (Å²) >= 11 is 6.02. The van der Waals surface area contributed by atoms with Crippen LogP contribution in [-0.4, -0.2) is 17.8 Å². The lowest BCUT2D eigenvalue weighted by molar-refractivity contribution is 0.226. The Morgan fingerprint density at radius 1 is 1.47 bits per heavy atom. The van der Waals surface area contributed by atoms with Crippen molar-refractivity contribution in [3.8, 4) is 0 Å². The molecule has 1 aromatic rings. The van der Waals surface area contributed by atoms with Crippen LogP contribution in [0.15, 0.2) is 18.2 Å². The molecular weight excluding hydrogens is 212 g/mol. The molecule has 0 aliphatic carbocycles. The minimum Gasteiger partial charge on any atom is -0.399 e. The molecule has 0 spiro atoms. The summed E-state index contributed by atoms with van der Waals surface area (Å²) in [7, 11) is 0. The van der Waals surface area contributed by atoms with E-state index in [1.54, 1.807) is 12.1 Å². The Balaban J connectivity index is 2.72. The first-order valence-corrected chi connectivity index (χ1v) is 5.34. The van der Waals surface area contributed by atoms with Crippen LogP contribution >= 0.6 is 11.6 Å². The molecule has 0 aliphatic rings. The van der Waals surface area contributed by atoms with E-state index in [1.165, 1.54) is 0 Å². The van der Waals surface area contributed by atoms with E-state index in [0.29, 0.717) is 10.7 Å².